The van der Waals surface area contributed by atoms with E-state index >= 15 is 0 Å². The Balaban J connectivity index is 5.45. The number of thioether (sulfide) groups is 1. The van der Waals surface area contributed by atoms with Gasteiger partial charge in [-0.2, -0.15) is 11.8 Å². The van der Waals surface area contributed by atoms with E-state index in [0.717, 1.165) is 0 Å². The number of nitrogens with one attached hydrogen (secondary N) is 3. The van der Waals surface area contributed by atoms with Crippen LogP contribution in [0.5, 0.6) is 0 Å². The number of unbranched alkanes of at least 4 members (excludes halogenated alkanes) is 1. The normalized spacial score (nSPS) is 13.9. The topological polar surface area (TPSA) is 284 Å². The van der Waals surface area contributed by atoms with Crippen LogP contribution in [0.4, 0.5) is 0 Å². The van der Waals surface area contributed by atoms with Crippen LogP contribution in [0.15, 0.2) is 4.99 Å². The zero-order valence-electron chi connectivity index (χ0n) is 21.8. The molecule has 0 fully saturated rings. The summed E-state index contributed by atoms with van der Waals surface area (Å²) in [4.78, 5) is 65.3. The van der Waals surface area contributed by atoms with Crippen molar-refractivity contribution >= 4 is 47.3 Å². The maximum absolute atomic E-state index is 13.1. The molecule has 4 unspecified atom stereocenters. The van der Waals surface area contributed by atoms with Crippen molar-refractivity contribution in [1.82, 2.24) is 16.0 Å². The second-order valence-electron chi connectivity index (χ2n) is 8.65. The van der Waals surface area contributed by atoms with Crippen LogP contribution in [-0.2, 0) is 24.0 Å². The van der Waals surface area contributed by atoms with E-state index in [1.807, 2.05) is 6.26 Å². The number of hydrogen-bond donors (Lipinski definition) is 9. The van der Waals surface area contributed by atoms with Crippen LogP contribution in [0.1, 0.15) is 51.4 Å². The number of amides is 4. The number of carbonyl (C=O) groups excluding carboxylic acids is 4. The summed E-state index contributed by atoms with van der Waals surface area (Å²) in [5.41, 5.74) is 27.1. The molecule has 0 saturated heterocycles. The summed E-state index contributed by atoms with van der Waals surface area (Å²) in [5, 5.41) is 17.0. The first-order chi connectivity index (χ1) is 17.9. The number of nitrogens with two attached hydrogens (primary N) is 5. The average molecular weight is 562 g/mol. The predicted molar refractivity (Wildman–Crippen MR) is 146 cm³/mol. The molecule has 0 aromatic rings. The lowest BCUT2D eigenvalue weighted by Crippen LogP contribution is -2.57. The predicted octanol–water partition coefficient (Wildman–Crippen LogP) is -2.95. The van der Waals surface area contributed by atoms with E-state index in [9.17, 15) is 29.1 Å². The third kappa shape index (κ3) is 15.9. The van der Waals surface area contributed by atoms with Crippen molar-refractivity contribution in [3.8, 4) is 0 Å². The molecule has 16 heteroatoms. The third-order valence-corrected chi connectivity index (χ3v) is 6.07. The van der Waals surface area contributed by atoms with E-state index in [2.05, 4.69) is 20.9 Å². The molecule has 0 aliphatic heterocycles. The second kappa shape index (κ2) is 19.9. The fourth-order valence-electron chi connectivity index (χ4n) is 3.28. The van der Waals surface area contributed by atoms with Gasteiger partial charge in [0.2, 0.25) is 23.6 Å². The van der Waals surface area contributed by atoms with Gasteiger partial charge in [-0.3, -0.25) is 24.2 Å². The van der Waals surface area contributed by atoms with Gasteiger partial charge in [-0.05, 0) is 57.1 Å². The molecule has 15 nitrogen and oxygen atoms in total. The van der Waals surface area contributed by atoms with Gasteiger partial charge in [0, 0.05) is 13.0 Å². The number of primary amides is 1. The maximum atomic E-state index is 13.1. The summed E-state index contributed by atoms with van der Waals surface area (Å²) in [6, 6.07) is -4.41. The number of carboxylic acids is 1. The highest BCUT2D eigenvalue weighted by Gasteiger charge is 2.30. The summed E-state index contributed by atoms with van der Waals surface area (Å²) >= 11 is 1.42. The van der Waals surface area contributed by atoms with Crippen molar-refractivity contribution in [3.63, 3.8) is 0 Å². The lowest BCUT2D eigenvalue weighted by molar-refractivity contribution is -0.142. The fraction of sp³-hybridized carbons (Fsp3) is 0.727. The molecule has 0 heterocycles. The molecule has 4 amide bonds. The molecular formula is C22H43N9O6S. The number of rotatable bonds is 21. The summed E-state index contributed by atoms with van der Waals surface area (Å²) in [7, 11) is 0. The van der Waals surface area contributed by atoms with Crippen LogP contribution in [-0.4, -0.2) is 89.9 Å². The van der Waals surface area contributed by atoms with Crippen LogP contribution >= 0.6 is 11.8 Å². The Kier molecular flexibility index (Phi) is 18.3. The van der Waals surface area contributed by atoms with Gasteiger partial charge in [0.15, 0.2) is 5.96 Å². The van der Waals surface area contributed by atoms with Gasteiger partial charge >= 0.3 is 5.97 Å². The molecule has 0 aliphatic rings. The highest BCUT2D eigenvalue weighted by Crippen LogP contribution is 2.07. The van der Waals surface area contributed by atoms with E-state index in [-0.39, 0.29) is 38.2 Å². The second-order valence-corrected chi connectivity index (χ2v) is 9.63. The fourth-order valence-corrected chi connectivity index (χ4v) is 3.76. The Hall–Kier alpha value is -3.11. The largest absolute Gasteiger partial charge is 0.480 e. The molecule has 0 bridgehead atoms. The standard InChI is InChI=1S/C22H43N9O6S/c1-38-12-9-15(20(35)31-16(21(36)37)6-4-11-28-22(26)27)30-19(34)14(7-8-17(25)32)29-18(33)13(24)5-2-3-10-23/h13-16H,2-12,23-24H2,1H3,(H2,25,32)(H,29,33)(H,30,34)(H,31,35)(H,36,37)(H4,26,27,28). The highest BCUT2D eigenvalue weighted by molar-refractivity contribution is 7.98. The lowest BCUT2D eigenvalue weighted by Gasteiger charge is -2.25. The number of carbonyl (C=O) groups is 5. The van der Waals surface area contributed by atoms with E-state index in [1.54, 1.807) is 0 Å². The molecular weight excluding hydrogens is 518 g/mol. The minimum atomic E-state index is -1.26. The molecule has 0 aromatic heterocycles. The number of guanidine groups is 1. The minimum absolute atomic E-state index is 0.0559. The molecule has 0 radical (unpaired) electrons. The lowest BCUT2D eigenvalue weighted by atomic mass is 10.1. The molecule has 38 heavy (non-hydrogen) atoms. The van der Waals surface area contributed by atoms with Gasteiger partial charge in [0.1, 0.15) is 18.1 Å². The summed E-state index contributed by atoms with van der Waals surface area (Å²) in [6.07, 6.45) is 3.70. The summed E-state index contributed by atoms with van der Waals surface area (Å²) in [6.45, 7) is 0.640. The van der Waals surface area contributed by atoms with E-state index in [0.29, 0.717) is 38.0 Å². The van der Waals surface area contributed by atoms with Crippen LogP contribution < -0.4 is 44.6 Å². The Labute approximate surface area is 226 Å². The Morgan fingerprint density at radius 2 is 1.39 bits per heavy atom. The maximum Gasteiger partial charge on any atom is 0.326 e. The highest BCUT2D eigenvalue weighted by atomic mass is 32.2. The molecule has 0 rings (SSSR count). The molecule has 0 aliphatic carbocycles. The SMILES string of the molecule is CSCCC(NC(=O)C(CCC(N)=O)NC(=O)C(N)CCCCN)C(=O)NC(CCCN=C(N)N)C(=O)O. The average Bonchev–Trinajstić information content (AvgIpc) is 2.85. The Bertz CT molecular complexity index is 810. The summed E-state index contributed by atoms with van der Waals surface area (Å²) in [5.74, 6) is -3.61. The van der Waals surface area contributed by atoms with E-state index < -0.39 is 53.8 Å². The molecule has 14 N–H and O–H groups in total. The number of aliphatic carboxylic acids is 1. The molecule has 0 saturated carbocycles. The zero-order valence-corrected chi connectivity index (χ0v) is 22.6. The van der Waals surface area contributed by atoms with Crippen molar-refractivity contribution < 1.29 is 29.1 Å². The van der Waals surface area contributed by atoms with E-state index in [1.165, 1.54) is 11.8 Å². The number of aliphatic imine (C=N–C) groups is 1. The first kappa shape index (κ1) is 34.9. The van der Waals surface area contributed by atoms with Gasteiger partial charge < -0.3 is 49.7 Å². The minimum Gasteiger partial charge on any atom is -0.480 e. The molecule has 218 valence electrons. The van der Waals surface area contributed by atoms with Gasteiger partial charge in [0.25, 0.3) is 0 Å². The van der Waals surface area contributed by atoms with Crippen LogP contribution in [0.25, 0.3) is 0 Å². The zero-order chi connectivity index (χ0) is 29.1. The molecule has 0 aromatic carbocycles. The molecule has 4 atom stereocenters. The van der Waals surface area contributed by atoms with E-state index in [4.69, 9.17) is 28.7 Å². The Morgan fingerprint density at radius 1 is 0.816 bits per heavy atom. The van der Waals surface area contributed by atoms with Gasteiger partial charge in [-0.1, -0.05) is 6.42 Å². The smallest absolute Gasteiger partial charge is 0.326 e. The third-order valence-electron chi connectivity index (χ3n) is 5.42. The number of nitrogens with zero attached hydrogens (tertiary/aromatic N) is 1. The van der Waals surface area contributed by atoms with Crippen LogP contribution in [0.3, 0.4) is 0 Å². The number of carboxylic acid groups (broad SMARTS) is 1. The van der Waals surface area contributed by atoms with Gasteiger partial charge in [-0.25, -0.2) is 4.79 Å². The quantitative estimate of drug-likeness (QED) is 0.0388. The Morgan fingerprint density at radius 3 is 1.92 bits per heavy atom. The van der Waals surface area contributed by atoms with Crippen LogP contribution in [0, 0.1) is 0 Å². The van der Waals surface area contributed by atoms with Crippen molar-refractivity contribution in [2.45, 2.75) is 75.5 Å². The first-order valence-corrected chi connectivity index (χ1v) is 13.7. The van der Waals surface area contributed by atoms with Crippen molar-refractivity contribution in [3.05, 3.63) is 0 Å². The van der Waals surface area contributed by atoms with Gasteiger partial charge in [0.05, 0.1) is 6.04 Å². The van der Waals surface area contributed by atoms with Gasteiger partial charge in [-0.15, -0.1) is 0 Å². The van der Waals surface area contributed by atoms with Crippen LogP contribution in [0.2, 0.25) is 0 Å². The monoisotopic (exact) mass is 561 g/mol. The van der Waals surface area contributed by atoms with Crippen molar-refractivity contribution in [1.29, 1.82) is 0 Å². The summed E-state index contributed by atoms with van der Waals surface area (Å²) < 4.78 is 0. The van der Waals surface area contributed by atoms with Crippen molar-refractivity contribution in [2.24, 2.45) is 33.7 Å². The molecule has 0 spiro atoms. The first-order valence-electron chi connectivity index (χ1n) is 12.3. The number of hydrogen-bond acceptors (Lipinski definition) is 9. The van der Waals surface area contributed by atoms with Crippen molar-refractivity contribution in [2.75, 3.05) is 25.1 Å².